The molecule has 2 unspecified atom stereocenters. The number of hydrogen-bond acceptors (Lipinski definition) is 3. The number of aryl methyl sites for hydroxylation is 1. The molecule has 2 aliphatic carbocycles. The van der Waals surface area contributed by atoms with E-state index in [0.29, 0.717) is 11.1 Å². The van der Waals surface area contributed by atoms with Crippen molar-refractivity contribution >= 4 is 11.6 Å². The molecule has 2 aliphatic rings. The average Bonchev–Trinajstić information content (AvgIpc) is 2.47. The summed E-state index contributed by atoms with van der Waals surface area (Å²) in [5.41, 5.74) is 1.99. The standard InChI is InChI=1S/C16H23ClN2O/c1-11-6-5-9-16(10-11,20-2)15-18-13-8-4-3-7-12(13)14(17)19-15/h11H,3-10H2,1-2H3. The number of aromatic nitrogens is 2. The number of methoxy groups -OCH3 is 1. The van der Waals surface area contributed by atoms with Crippen LogP contribution in [0.25, 0.3) is 0 Å². The maximum Gasteiger partial charge on any atom is 0.162 e. The number of halogens is 1. The molecule has 0 bridgehead atoms. The van der Waals surface area contributed by atoms with Crippen molar-refractivity contribution in [3.8, 4) is 0 Å². The lowest BCUT2D eigenvalue weighted by molar-refractivity contribution is -0.0648. The second-order valence-corrected chi connectivity index (χ2v) is 6.73. The first-order chi connectivity index (χ1) is 9.64. The first-order valence-corrected chi connectivity index (χ1v) is 8.13. The van der Waals surface area contributed by atoms with Gasteiger partial charge in [0.1, 0.15) is 10.8 Å². The van der Waals surface area contributed by atoms with Crippen LogP contribution >= 0.6 is 11.6 Å². The summed E-state index contributed by atoms with van der Waals surface area (Å²) in [7, 11) is 1.79. The van der Waals surface area contributed by atoms with Crippen molar-refractivity contribution in [3.63, 3.8) is 0 Å². The number of fused-ring (bicyclic) bond motifs is 1. The van der Waals surface area contributed by atoms with Crippen molar-refractivity contribution < 1.29 is 4.74 Å². The lowest BCUT2D eigenvalue weighted by Gasteiger charge is -2.38. The summed E-state index contributed by atoms with van der Waals surface area (Å²) in [5.74, 6) is 1.47. The number of hydrogen-bond donors (Lipinski definition) is 0. The Labute approximate surface area is 126 Å². The first kappa shape index (κ1) is 14.3. The van der Waals surface area contributed by atoms with E-state index in [1.165, 1.54) is 25.7 Å². The van der Waals surface area contributed by atoms with Gasteiger partial charge in [0.25, 0.3) is 0 Å². The highest BCUT2D eigenvalue weighted by atomic mass is 35.5. The molecule has 1 aromatic rings. The molecule has 2 atom stereocenters. The zero-order valence-electron chi connectivity index (χ0n) is 12.4. The molecule has 0 aromatic carbocycles. The van der Waals surface area contributed by atoms with Gasteiger partial charge in [0, 0.05) is 18.4 Å². The fourth-order valence-corrected chi connectivity index (χ4v) is 4.02. The Morgan fingerprint density at radius 3 is 2.75 bits per heavy atom. The van der Waals surface area contributed by atoms with Gasteiger partial charge < -0.3 is 4.74 Å². The normalized spacial score (nSPS) is 30.1. The van der Waals surface area contributed by atoms with E-state index in [1.807, 2.05) is 0 Å². The van der Waals surface area contributed by atoms with Gasteiger partial charge in [-0.25, -0.2) is 9.97 Å². The minimum Gasteiger partial charge on any atom is -0.370 e. The van der Waals surface area contributed by atoms with E-state index in [2.05, 4.69) is 11.9 Å². The highest BCUT2D eigenvalue weighted by molar-refractivity contribution is 6.30. The van der Waals surface area contributed by atoms with Gasteiger partial charge in [-0.3, -0.25) is 0 Å². The highest BCUT2D eigenvalue weighted by Gasteiger charge is 2.40. The molecule has 0 radical (unpaired) electrons. The van der Waals surface area contributed by atoms with E-state index in [0.717, 1.165) is 42.8 Å². The molecule has 1 heterocycles. The van der Waals surface area contributed by atoms with Crippen LogP contribution in [0.4, 0.5) is 0 Å². The molecule has 3 nitrogen and oxygen atoms in total. The molecule has 0 aliphatic heterocycles. The predicted molar refractivity (Wildman–Crippen MR) is 80.0 cm³/mol. The third-order valence-electron chi connectivity index (χ3n) is 4.89. The molecule has 0 amide bonds. The van der Waals surface area contributed by atoms with Gasteiger partial charge in [-0.2, -0.15) is 0 Å². The molecule has 1 aromatic heterocycles. The maximum absolute atomic E-state index is 6.42. The van der Waals surface area contributed by atoms with E-state index in [1.54, 1.807) is 7.11 Å². The molecule has 3 rings (SSSR count). The molecule has 0 saturated heterocycles. The summed E-state index contributed by atoms with van der Waals surface area (Å²) in [5, 5.41) is 0.652. The lowest BCUT2D eigenvalue weighted by atomic mass is 9.78. The summed E-state index contributed by atoms with van der Waals surface area (Å²) < 4.78 is 5.90. The van der Waals surface area contributed by atoms with Crippen molar-refractivity contribution in [2.24, 2.45) is 5.92 Å². The Balaban J connectivity index is 2.01. The summed E-state index contributed by atoms with van der Waals surface area (Å²) >= 11 is 6.42. The summed E-state index contributed by atoms with van der Waals surface area (Å²) in [4.78, 5) is 9.47. The van der Waals surface area contributed by atoms with Crippen LogP contribution < -0.4 is 0 Å². The predicted octanol–water partition coefficient (Wildman–Crippen LogP) is 4.06. The quantitative estimate of drug-likeness (QED) is 0.772. The minimum atomic E-state index is -0.326. The van der Waals surface area contributed by atoms with Crippen LogP contribution in [0.2, 0.25) is 5.15 Å². The van der Waals surface area contributed by atoms with Crippen LogP contribution in [0, 0.1) is 5.92 Å². The molecule has 4 heteroatoms. The number of rotatable bonds is 2. The van der Waals surface area contributed by atoms with E-state index in [9.17, 15) is 0 Å². The third kappa shape index (κ3) is 2.46. The zero-order valence-corrected chi connectivity index (χ0v) is 13.2. The SMILES string of the molecule is COC1(c2nc(Cl)c3c(n2)CCCC3)CCCC(C)C1. The second-order valence-electron chi connectivity index (χ2n) is 6.37. The van der Waals surface area contributed by atoms with Crippen LogP contribution in [0.1, 0.15) is 62.5 Å². The Kier molecular flexibility index (Phi) is 4.00. The van der Waals surface area contributed by atoms with Crippen molar-refractivity contribution in [2.45, 2.75) is 63.9 Å². The van der Waals surface area contributed by atoms with Crippen LogP contribution in [-0.2, 0) is 23.2 Å². The number of ether oxygens (including phenoxy) is 1. The van der Waals surface area contributed by atoms with Crippen LogP contribution in [0.3, 0.4) is 0 Å². The molecule has 20 heavy (non-hydrogen) atoms. The molecule has 1 saturated carbocycles. The largest absolute Gasteiger partial charge is 0.370 e. The average molecular weight is 295 g/mol. The van der Waals surface area contributed by atoms with Gasteiger partial charge in [-0.15, -0.1) is 0 Å². The number of nitrogens with zero attached hydrogens (tertiary/aromatic N) is 2. The molecule has 1 fully saturated rings. The molecular weight excluding hydrogens is 272 g/mol. The fourth-order valence-electron chi connectivity index (χ4n) is 3.73. The van der Waals surface area contributed by atoms with Crippen molar-refractivity contribution in [1.82, 2.24) is 9.97 Å². The Bertz CT molecular complexity index is 505. The Morgan fingerprint density at radius 1 is 1.20 bits per heavy atom. The summed E-state index contributed by atoms with van der Waals surface area (Å²) in [6.45, 7) is 2.28. The van der Waals surface area contributed by atoms with Crippen molar-refractivity contribution in [3.05, 3.63) is 22.2 Å². The summed E-state index contributed by atoms with van der Waals surface area (Å²) in [6.07, 6.45) is 8.89. The van der Waals surface area contributed by atoms with Gasteiger partial charge in [-0.1, -0.05) is 24.9 Å². The van der Waals surface area contributed by atoms with Crippen molar-refractivity contribution in [1.29, 1.82) is 0 Å². The monoisotopic (exact) mass is 294 g/mol. The van der Waals surface area contributed by atoms with Gasteiger partial charge in [0.2, 0.25) is 0 Å². The van der Waals surface area contributed by atoms with Crippen molar-refractivity contribution in [2.75, 3.05) is 7.11 Å². The highest BCUT2D eigenvalue weighted by Crippen LogP contribution is 2.42. The molecule has 0 spiro atoms. The Hall–Kier alpha value is -0.670. The van der Waals surface area contributed by atoms with E-state index in [-0.39, 0.29) is 5.60 Å². The van der Waals surface area contributed by atoms with Gasteiger partial charge >= 0.3 is 0 Å². The van der Waals surface area contributed by atoms with Crippen LogP contribution in [0.5, 0.6) is 0 Å². The van der Waals surface area contributed by atoms with Gasteiger partial charge in [-0.05, 0) is 50.9 Å². The lowest BCUT2D eigenvalue weighted by Crippen LogP contribution is -2.36. The van der Waals surface area contributed by atoms with E-state index in [4.69, 9.17) is 21.3 Å². The molecule has 0 N–H and O–H groups in total. The topological polar surface area (TPSA) is 35.0 Å². The molecular formula is C16H23ClN2O. The van der Waals surface area contributed by atoms with E-state index < -0.39 is 0 Å². The maximum atomic E-state index is 6.42. The van der Waals surface area contributed by atoms with Gasteiger partial charge in [0.15, 0.2) is 5.82 Å². The van der Waals surface area contributed by atoms with Crippen LogP contribution in [0.15, 0.2) is 0 Å². The smallest absolute Gasteiger partial charge is 0.162 e. The first-order valence-electron chi connectivity index (χ1n) is 7.75. The third-order valence-corrected chi connectivity index (χ3v) is 5.20. The van der Waals surface area contributed by atoms with Crippen LogP contribution in [-0.4, -0.2) is 17.1 Å². The Morgan fingerprint density at radius 2 is 2.00 bits per heavy atom. The van der Waals surface area contributed by atoms with E-state index >= 15 is 0 Å². The minimum absolute atomic E-state index is 0.326. The summed E-state index contributed by atoms with van der Waals surface area (Å²) in [6, 6.07) is 0. The zero-order chi connectivity index (χ0) is 14.2. The fraction of sp³-hybridized carbons (Fsp3) is 0.750. The van der Waals surface area contributed by atoms with Gasteiger partial charge in [0.05, 0.1) is 0 Å². The second kappa shape index (κ2) is 5.61. The molecule has 110 valence electrons.